The minimum Gasteiger partial charge on any atom is -0.458 e. The molecule has 4 amide bonds. The molecule has 13 heteroatoms. The van der Waals surface area contributed by atoms with Crippen LogP contribution in [0.1, 0.15) is 107 Å². The van der Waals surface area contributed by atoms with Gasteiger partial charge in [0.05, 0.1) is 42.7 Å². The molecule has 0 bridgehead atoms. The van der Waals surface area contributed by atoms with Crippen LogP contribution in [-0.4, -0.2) is 122 Å². The predicted molar refractivity (Wildman–Crippen MR) is 223 cm³/mol. The standard InChI is InChI=1S/C44H75N5O8/c1-16-28(6)38(48(13)42(53)37(27(4)5)47-41(52)36(45-12)26(2)3)34(55-14)25-35(50)49-29(7)22-23-33(49)39(56-15)30(8)40(51)46-32(43(54)57-44(9,10)11)24-31-20-18-17-19-21-31/h17-21,26-30,32-34,36-39,45H,16,22-25H2,1-15H3,(H,46,51)(H,47,52)/t28?,29-,30?,32?,33-,34?,36?,37?,38?,39?/m0/s1. The van der Waals surface area contributed by atoms with Gasteiger partial charge in [0, 0.05) is 33.7 Å². The number of rotatable bonds is 21. The third kappa shape index (κ3) is 13.8. The van der Waals surface area contributed by atoms with Crippen molar-refractivity contribution in [3.8, 4) is 0 Å². The van der Waals surface area contributed by atoms with Crippen molar-refractivity contribution in [3.63, 3.8) is 0 Å². The maximum absolute atomic E-state index is 14.5. The number of methoxy groups -OCH3 is 2. The van der Waals surface area contributed by atoms with Crippen LogP contribution in [0.4, 0.5) is 0 Å². The summed E-state index contributed by atoms with van der Waals surface area (Å²) < 4.78 is 17.8. The summed E-state index contributed by atoms with van der Waals surface area (Å²) in [5.41, 5.74) is 0.129. The Morgan fingerprint density at radius 1 is 0.877 bits per heavy atom. The van der Waals surface area contributed by atoms with Gasteiger partial charge in [-0.15, -0.1) is 0 Å². The number of hydrogen-bond acceptors (Lipinski definition) is 9. The van der Waals surface area contributed by atoms with Crippen LogP contribution >= 0.6 is 0 Å². The number of nitrogens with zero attached hydrogens (tertiary/aromatic N) is 2. The molecule has 324 valence electrons. The Kier molecular flexibility index (Phi) is 19.6. The molecule has 1 saturated heterocycles. The topological polar surface area (TPSA) is 156 Å². The van der Waals surface area contributed by atoms with Crippen LogP contribution in [-0.2, 0) is 44.6 Å². The van der Waals surface area contributed by atoms with E-state index < -0.39 is 59.9 Å². The van der Waals surface area contributed by atoms with E-state index in [-0.39, 0.29) is 60.3 Å². The van der Waals surface area contributed by atoms with E-state index in [1.165, 1.54) is 7.11 Å². The lowest BCUT2D eigenvalue weighted by molar-refractivity contribution is -0.159. The number of likely N-dealkylation sites (N-methyl/N-ethyl adjacent to an activating group) is 2. The Hall–Kier alpha value is -3.55. The summed E-state index contributed by atoms with van der Waals surface area (Å²) in [5.74, 6) is -2.51. The fourth-order valence-electron chi connectivity index (χ4n) is 8.08. The molecule has 13 nitrogen and oxygen atoms in total. The number of hydrogen-bond donors (Lipinski definition) is 3. The summed E-state index contributed by atoms with van der Waals surface area (Å²) in [4.78, 5) is 72.8. The second-order valence-corrected chi connectivity index (χ2v) is 17.6. The first-order valence-electron chi connectivity index (χ1n) is 20.8. The van der Waals surface area contributed by atoms with E-state index >= 15 is 0 Å². The Morgan fingerprint density at radius 2 is 1.47 bits per heavy atom. The normalized spacial score (nSPS) is 20.2. The lowest BCUT2D eigenvalue weighted by Crippen LogP contribution is -2.59. The summed E-state index contributed by atoms with van der Waals surface area (Å²) >= 11 is 0. The Morgan fingerprint density at radius 3 is 1.96 bits per heavy atom. The number of ether oxygens (including phenoxy) is 3. The monoisotopic (exact) mass is 802 g/mol. The van der Waals surface area contributed by atoms with Gasteiger partial charge in [0.1, 0.15) is 17.7 Å². The first-order chi connectivity index (χ1) is 26.6. The van der Waals surface area contributed by atoms with E-state index in [1.807, 2.05) is 83.7 Å². The van der Waals surface area contributed by atoms with E-state index in [4.69, 9.17) is 14.2 Å². The van der Waals surface area contributed by atoms with Gasteiger partial charge < -0.3 is 40.0 Å². The minimum atomic E-state index is -0.928. The van der Waals surface area contributed by atoms with Gasteiger partial charge >= 0.3 is 5.97 Å². The number of likely N-dealkylation sites (tertiary alicyclic amines) is 1. The van der Waals surface area contributed by atoms with Crippen molar-refractivity contribution in [2.45, 2.75) is 162 Å². The summed E-state index contributed by atoms with van der Waals surface area (Å²) in [6.07, 6.45) is 0.966. The van der Waals surface area contributed by atoms with E-state index in [9.17, 15) is 24.0 Å². The van der Waals surface area contributed by atoms with Gasteiger partial charge in [0.15, 0.2) is 0 Å². The Balaban J connectivity index is 2.36. The molecule has 0 aliphatic carbocycles. The minimum absolute atomic E-state index is 0.00729. The second kappa shape index (κ2) is 22.6. The van der Waals surface area contributed by atoms with Crippen LogP contribution in [0.2, 0.25) is 0 Å². The molecular formula is C44H75N5O8. The molecule has 0 radical (unpaired) electrons. The number of nitrogens with one attached hydrogen (secondary N) is 3. The summed E-state index contributed by atoms with van der Waals surface area (Å²) in [5, 5.41) is 8.98. The molecule has 0 saturated carbocycles. The molecule has 2 rings (SSSR count). The van der Waals surface area contributed by atoms with Crippen LogP contribution in [0, 0.1) is 23.7 Å². The third-order valence-electron chi connectivity index (χ3n) is 11.4. The smallest absolute Gasteiger partial charge is 0.329 e. The zero-order valence-corrected chi connectivity index (χ0v) is 37.5. The zero-order valence-electron chi connectivity index (χ0n) is 37.5. The average molecular weight is 802 g/mol. The van der Waals surface area contributed by atoms with Gasteiger partial charge in [-0.25, -0.2) is 4.79 Å². The third-order valence-corrected chi connectivity index (χ3v) is 11.4. The number of carbonyl (C=O) groups is 5. The van der Waals surface area contributed by atoms with Gasteiger partial charge in [-0.1, -0.05) is 85.2 Å². The van der Waals surface area contributed by atoms with Crippen molar-refractivity contribution in [1.82, 2.24) is 25.8 Å². The van der Waals surface area contributed by atoms with E-state index in [0.29, 0.717) is 12.8 Å². The quantitative estimate of drug-likeness (QED) is 0.150. The maximum Gasteiger partial charge on any atom is 0.329 e. The SMILES string of the molecule is CCC(C)C(C(CC(=O)N1[C@@H](C)CC[C@H]1C(OC)C(C)C(=O)NC(Cc1ccccc1)C(=O)OC(C)(C)C)OC)N(C)C(=O)C(NC(=O)C(NC)C(C)C)C(C)C. The molecule has 1 aromatic carbocycles. The van der Waals surface area contributed by atoms with Crippen LogP contribution < -0.4 is 16.0 Å². The number of esters is 1. The molecule has 1 aromatic rings. The first-order valence-corrected chi connectivity index (χ1v) is 20.8. The summed E-state index contributed by atoms with van der Waals surface area (Å²) in [7, 11) is 6.54. The molecule has 0 spiro atoms. The number of benzene rings is 1. The van der Waals surface area contributed by atoms with Gasteiger partial charge in [0.2, 0.25) is 23.6 Å². The van der Waals surface area contributed by atoms with Crippen LogP contribution in [0.3, 0.4) is 0 Å². The van der Waals surface area contributed by atoms with Gasteiger partial charge in [0.25, 0.3) is 0 Å². The van der Waals surface area contributed by atoms with Crippen molar-refractivity contribution in [2.24, 2.45) is 23.7 Å². The van der Waals surface area contributed by atoms with Crippen molar-refractivity contribution in [1.29, 1.82) is 0 Å². The second-order valence-electron chi connectivity index (χ2n) is 17.6. The zero-order chi connectivity index (χ0) is 43.4. The van der Waals surface area contributed by atoms with Gasteiger partial charge in [-0.2, -0.15) is 0 Å². The number of carbonyl (C=O) groups excluding carboxylic acids is 5. The van der Waals surface area contributed by atoms with Crippen LogP contribution in [0.15, 0.2) is 30.3 Å². The van der Waals surface area contributed by atoms with Gasteiger partial charge in [-0.3, -0.25) is 19.2 Å². The lowest BCUT2D eigenvalue weighted by atomic mass is 9.89. The molecule has 1 aliphatic rings. The van der Waals surface area contributed by atoms with E-state index in [0.717, 1.165) is 12.0 Å². The Bertz CT molecular complexity index is 1450. The fourth-order valence-corrected chi connectivity index (χ4v) is 8.08. The van der Waals surface area contributed by atoms with Crippen LogP contribution in [0.25, 0.3) is 0 Å². The maximum atomic E-state index is 14.5. The van der Waals surface area contributed by atoms with Crippen molar-refractivity contribution < 1.29 is 38.2 Å². The molecule has 57 heavy (non-hydrogen) atoms. The van der Waals surface area contributed by atoms with Crippen molar-refractivity contribution >= 4 is 29.6 Å². The Labute approximate surface area is 343 Å². The van der Waals surface area contributed by atoms with Crippen molar-refractivity contribution in [2.75, 3.05) is 28.3 Å². The van der Waals surface area contributed by atoms with Crippen LogP contribution in [0.5, 0.6) is 0 Å². The molecule has 1 heterocycles. The first kappa shape index (κ1) is 49.6. The molecule has 10 atom stereocenters. The highest BCUT2D eigenvalue weighted by Crippen LogP contribution is 2.33. The predicted octanol–water partition coefficient (Wildman–Crippen LogP) is 4.75. The number of amides is 4. The average Bonchev–Trinajstić information content (AvgIpc) is 3.53. The molecular weight excluding hydrogens is 727 g/mol. The lowest BCUT2D eigenvalue weighted by Gasteiger charge is -2.41. The van der Waals surface area contributed by atoms with E-state index in [2.05, 4.69) is 16.0 Å². The highest BCUT2D eigenvalue weighted by molar-refractivity contribution is 5.90. The summed E-state index contributed by atoms with van der Waals surface area (Å²) in [6, 6.07) is 6.24. The highest BCUT2D eigenvalue weighted by Gasteiger charge is 2.45. The fraction of sp³-hybridized carbons (Fsp3) is 0.750. The summed E-state index contributed by atoms with van der Waals surface area (Å²) in [6.45, 7) is 20.9. The molecule has 1 aliphatic heterocycles. The van der Waals surface area contributed by atoms with Gasteiger partial charge in [-0.05, 0) is 70.9 Å². The molecule has 0 aromatic heterocycles. The highest BCUT2D eigenvalue weighted by atomic mass is 16.6. The molecule has 1 fully saturated rings. The largest absolute Gasteiger partial charge is 0.458 e. The van der Waals surface area contributed by atoms with Crippen molar-refractivity contribution in [3.05, 3.63) is 35.9 Å². The van der Waals surface area contributed by atoms with E-state index in [1.54, 1.807) is 53.8 Å². The molecule has 3 N–H and O–H groups in total. The molecule has 8 unspecified atom stereocenters.